The van der Waals surface area contributed by atoms with Crippen molar-refractivity contribution in [1.82, 2.24) is 9.55 Å². The maximum atomic E-state index is 6.94. The maximum absolute atomic E-state index is 6.94. The van der Waals surface area contributed by atoms with Crippen molar-refractivity contribution in [2.45, 2.75) is 85.5 Å². The van der Waals surface area contributed by atoms with Crippen LogP contribution in [0.1, 0.15) is 102 Å². The molecule has 0 spiro atoms. The van der Waals surface area contributed by atoms with E-state index >= 15 is 0 Å². The Bertz CT molecular complexity index is 3240. The minimum absolute atomic E-state index is 0. The van der Waals surface area contributed by atoms with Crippen molar-refractivity contribution in [2.75, 3.05) is 9.80 Å². The van der Waals surface area contributed by atoms with Crippen molar-refractivity contribution >= 4 is 44.6 Å². The van der Waals surface area contributed by atoms with Crippen LogP contribution in [0.4, 0.5) is 22.7 Å². The van der Waals surface area contributed by atoms with Crippen LogP contribution in [-0.2, 0) is 26.5 Å². The van der Waals surface area contributed by atoms with E-state index in [1.54, 1.807) is 0 Å². The van der Waals surface area contributed by atoms with Crippen LogP contribution in [0.25, 0.3) is 49.9 Å². The van der Waals surface area contributed by atoms with Gasteiger partial charge in [-0.15, -0.1) is 53.6 Å². The summed E-state index contributed by atoms with van der Waals surface area (Å²) < 4.78 is 9.15. The van der Waals surface area contributed by atoms with Crippen molar-refractivity contribution in [3.63, 3.8) is 0 Å². The number of hydrogen-bond acceptors (Lipinski definition) is 4. The molecule has 0 unspecified atom stereocenters. The molecule has 3 heterocycles. The zero-order valence-corrected chi connectivity index (χ0v) is 42.1. The molecule has 10 rings (SSSR count). The quantitative estimate of drug-likeness (QED) is 0.128. The average molecular weight is 1060 g/mol. The minimum atomic E-state index is -0.0350. The minimum Gasteiger partial charge on any atom is -0.509 e. The third kappa shape index (κ3) is 8.60. The summed E-state index contributed by atoms with van der Waals surface area (Å²) in [6, 6.07) is 61.9. The maximum Gasteiger partial charge on any atom is 0.135 e. The van der Waals surface area contributed by atoms with Crippen molar-refractivity contribution in [2.24, 2.45) is 0 Å². The fourth-order valence-corrected chi connectivity index (χ4v) is 9.63. The zero-order valence-electron chi connectivity index (χ0n) is 39.8. The van der Waals surface area contributed by atoms with Gasteiger partial charge in [-0.05, 0) is 110 Å². The predicted octanol–water partition coefficient (Wildman–Crippen LogP) is 17.0. The van der Waals surface area contributed by atoms with Gasteiger partial charge in [0, 0.05) is 61.3 Å². The molecule has 67 heavy (non-hydrogen) atoms. The summed E-state index contributed by atoms with van der Waals surface area (Å²) in [4.78, 5) is 9.45. The molecule has 1 aliphatic heterocycles. The standard InChI is InChI=1S/C61H57N4O.Pt/c1-39(2)49-20-10-11-21-52(49)43-33-46(64-38-63(56-26-14-15-27-57(56)64)45-19-16-18-42(32-45)60-50(40(3)4)23-17-24-51(60)41(5)6)36-48(34-43)66-47-28-29-54-53-22-12-13-25-55(53)65(58(54)37-47)59-35-44(30-31-62-59)61(7,8)9;/h10-35,38-41H,1-9H3;/q-3;. The number of benzene rings is 7. The first kappa shape index (κ1) is 45.7. The molecule has 0 atom stereocenters. The van der Waals surface area contributed by atoms with E-state index in [2.05, 4.69) is 241 Å². The van der Waals surface area contributed by atoms with Crippen LogP contribution in [-0.4, -0.2) is 9.55 Å². The van der Waals surface area contributed by atoms with Gasteiger partial charge in [-0.3, -0.25) is 0 Å². The number of fused-ring (bicyclic) bond motifs is 4. The Balaban J connectivity index is 0.00000562. The predicted molar refractivity (Wildman–Crippen MR) is 276 cm³/mol. The smallest absolute Gasteiger partial charge is 0.135 e. The second kappa shape index (κ2) is 18.3. The summed E-state index contributed by atoms with van der Waals surface area (Å²) >= 11 is 0. The third-order valence-corrected chi connectivity index (χ3v) is 13.0. The molecule has 2 aromatic heterocycles. The van der Waals surface area contributed by atoms with Gasteiger partial charge in [-0.2, -0.15) is 6.07 Å². The molecule has 0 radical (unpaired) electrons. The fraction of sp³-hybridized carbons (Fsp3) is 0.213. The monoisotopic (exact) mass is 1060 g/mol. The fourth-order valence-electron chi connectivity index (χ4n) is 9.63. The topological polar surface area (TPSA) is 33.5 Å². The summed E-state index contributed by atoms with van der Waals surface area (Å²) in [7, 11) is 0. The number of para-hydroxylation sites is 3. The Kier molecular flexibility index (Phi) is 12.5. The van der Waals surface area contributed by atoms with Crippen molar-refractivity contribution in [3.05, 3.63) is 199 Å². The Morgan fingerprint density at radius 1 is 0.567 bits per heavy atom. The number of hydrogen-bond donors (Lipinski definition) is 0. The van der Waals surface area contributed by atoms with Crippen LogP contribution in [0.5, 0.6) is 11.5 Å². The molecule has 0 fully saturated rings. The number of rotatable bonds is 10. The molecule has 0 amide bonds. The molecule has 5 nitrogen and oxygen atoms in total. The largest absolute Gasteiger partial charge is 0.509 e. The van der Waals surface area contributed by atoms with E-state index in [0.717, 1.165) is 55.9 Å². The van der Waals surface area contributed by atoms with Crippen LogP contribution >= 0.6 is 0 Å². The van der Waals surface area contributed by atoms with Crippen LogP contribution in [0.2, 0.25) is 0 Å². The van der Waals surface area contributed by atoms with Crippen molar-refractivity contribution in [3.8, 4) is 39.6 Å². The normalized spacial score (nSPS) is 12.7. The van der Waals surface area contributed by atoms with Gasteiger partial charge in [0.1, 0.15) is 5.82 Å². The van der Waals surface area contributed by atoms with Gasteiger partial charge in [0.05, 0.1) is 0 Å². The average Bonchev–Trinajstić information content (AvgIpc) is 3.87. The van der Waals surface area contributed by atoms with Gasteiger partial charge < -0.3 is 19.1 Å². The SMILES string of the molecule is CC(C)c1ccccc1-c1cc(Oc2[c-]c3c(cc2)c2ccccc2n3-c2cc(C(C)(C)C)ccn2)[c-]c(N2[CH-]N(c3cccc(-c4c(C(C)C)cccc4C(C)C)c3)c3ccccc32)c1.[Pt]. The van der Waals surface area contributed by atoms with Gasteiger partial charge in [0.25, 0.3) is 0 Å². The number of ether oxygens (including phenoxy) is 1. The van der Waals surface area contributed by atoms with Gasteiger partial charge >= 0.3 is 0 Å². The van der Waals surface area contributed by atoms with E-state index < -0.39 is 0 Å². The van der Waals surface area contributed by atoms with Gasteiger partial charge in [-0.25, -0.2) is 4.98 Å². The summed E-state index contributed by atoms with van der Waals surface area (Å²) in [6.07, 6.45) is 1.91. The second-order valence-electron chi connectivity index (χ2n) is 19.6. The molecular weight excluding hydrogens is 1000 g/mol. The Hall–Kier alpha value is -6.42. The van der Waals surface area contributed by atoms with E-state index in [-0.39, 0.29) is 26.5 Å². The first-order chi connectivity index (χ1) is 31.8. The number of aromatic nitrogens is 2. The molecule has 340 valence electrons. The van der Waals surface area contributed by atoms with Crippen LogP contribution < -0.4 is 14.5 Å². The third-order valence-electron chi connectivity index (χ3n) is 13.0. The Labute approximate surface area is 411 Å². The molecule has 1 aliphatic rings. The molecule has 0 aliphatic carbocycles. The van der Waals surface area contributed by atoms with Crippen molar-refractivity contribution in [1.29, 1.82) is 0 Å². The molecule has 0 saturated heterocycles. The molecule has 6 heteroatoms. The first-order valence-electron chi connectivity index (χ1n) is 23.4. The van der Waals surface area contributed by atoms with Crippen molar-refractivity contribution < 1.29 is 25.8 Å². The van der Waals surface area contributed by atoms with Gasteiger partial charge in [-0.1, -0.05) is 153 Å². The summed E-state index contributed by atoms with van der Waals surface area (Å²) in [5.41, 5.74) is 16.1. The molecule has 0 N–H and O–H groups in total. The Morgan fingerprint density at radius 2 is 1.22 bits per heavy atom. The second-order valence-corrected chi connectivity index (χ2v) is 19.6. The molecule has 9 aromatic rings. The molecular formula is C61H57N4OPt-3. The summed E-state index contributed by atoms with van der Waals surface area (Å²) in [5, 5.41) is 2.23. The first-order valence-corrected chi connectivity index (χ1v) is 23.4. The van der Waals surface area contributed by atoms with E-state index in [4.69, 9.17) is 9.72 Å². The van der Waals surface area contributed by atoms with Crippen LogP contribution in [0.3, 0.4) is 0 Å². The van der Waals surface area contributed by atoms with E-state index in [9.17, 15) is 0 Å². The van der Waals surface area contributed by atoms with Crippen LogP contribution in [0, 0.1) is 18.8 Å². The van der Waals surface area contributed by atoms with Gasteiger partial charge in [0.15, 0.2) is 0 Å². The van der Waals surface area contributed by atoms with Crippen LogP contribution in [0.15, 0.2) is 158 Å². The zero-order chi connectivity index (χ0) is 45.9. The number of nitrogens with zero attached hydrogens (tertiary/aromatic N) is 4. The van der Waals surface area contributed by atoms with Gasteiger partial charge in [0.2, 0.25) is 0 Å². The number of pyridine rings is 1. The number of anilines is 4. The molecule has 0 saturated carbocycles. The molecule has 0 bridgehead atoms. The van der Waals surface area contributed by atoms with E-state index in [0.29, 0.717) is 29.3 Å². The summed E-state index contributed by atoms with van der Waals surface area (Å²) in [6.45, 7) is 22.6. The van der Waals surface area contributed by atoms with E-state index in [1.165, 1.54) is 38.9 Å². The Morgan fingerprint density at radius 3 is 1.96 bits per heavy atom. The molecule has 7 aromatic carbocycles. The summed E-state index contributed by atoms with van der Waals surface area (Å²) in [5.74, 6) is 3.16. The van der Waals surface area contributed by atoms with E-state index in [1.807, 2.05) is 12.3 Å².